The van der Waals surface area contributed by atoms with E-state index in [0.29, 0.717) is 0 Å². The molecule has 0 aromatic rings. The van der Waals surface area contributed by atoms with Crippen molar-refractivity contribution in [3.63, 3.8) is 0 Å². The van der Waals surface area contributed by atoms with Gasteiger partial charge in [0.05, 0.1) is 0 Å². The van der Waals surface area contributed by atoms with Gasteiger partial charge in [-0.15, -0.1) is 0 Å². The molecular formula is C14H30N2. The fourth-order valence-electron chi connectivity index (χ4n) is 3.23. The molecule has 96 valence electrons. The second-order valence-electron chi connectivity index (χ2n) is 7.60. The monoisotopic (exact) mass is 226 g/mol. The first kappa shape index (κ1) is 14.0. The SMILES string of the molecule is CN1C(C)(C)C(C)(C)C(N)C(C)(C)C1(C)C. The molecule has 16 heavy (non-hydrogen) atoms. The van der Waals surface area contributed by atoms with Crippen LogP contribution in [-0.4, -0.2) is 29.1 Å². The Labute approximate surface area is 102 Å². The minimum atomic E-state index is 0.0980. The first-order chi connectivity index (χ1) is 6.81. The minimum absolute atomic E-state index is 0.0980. The van der Waals surface area contributed by atoms with Gasteiger partial charge in [0, 0.05) is 17.1 Å². The first-order valence-corrected chi connectivity index (χ1v) is 6.31. The Morgan fingerprint density at radius 3 is 1.25 bits per heavy atom. The molecule has 0 radical (unpaired) electrons. The molecule has 0 aromatic carbocycles. The number of piperidine rings is 1. The standard InChI is InChI=1S/C14H30N2/c1-11(2)10(15)12(3,4)14(7,8)16(9)13(11,5)6/h10H,15H2,1-9H3. The quantitative estimate of drug-likeness (QED) is 0.688. The van der Waals surface area contributed by atoms with Crippen molar-refractivity contribution in [1.29, 1.82) is 0 Å². The molecule has 1 heterocycles. The highest BCUT2D eigenvalue weighted by atomic mass is 15.3. The third kappa shape index (κ3) is 1.32. The summed E-state index contributed by atoms with van der Waals surface area (Å²) in [5.74, 6) is 0. The lowest BCUT2D eigenvalue weighted by Crippen LogP contribution is -2.77. The maximum absolute atomic E-state index is 6.58. The zero-order valence-electron chi connectivity index (χ0n) is 12.6. The summed E-state index contributed by atoms with van der Waals surface area (Å²) >= 11 is 0. The van der Waals surface area contributed by atoms with E-state index in [1.165, 1.54) is 0 Å². The second kappa shape index (κ2) is 3.23. The summed E-state index contributed by atoms with van der Waals surface area (Å²) in [6.45, 7) is 18.4. The number of rotatable bonds is 0. The molecule has 2 heteroatoms. The van der Waals surface area contributed by atoms with Crippen LogP contribution < -0.4 is 5.73 Å². The van der Waals surface area contributed by atoms with E-state index >= 15 is 0 Å². The Morgan fingerprint density at radius 1 is 0.750 bits per heavy atom. The smallest absolute Gasteiger partial charge is 0.0221 e. The molecule has 0 aliphatic carbocycles. The average Bonchev–Trinajstić information content (AvgIpc) is 2.13. The summed E-state index contributed by atoms with van der Waals surface area (Å²) in [7, 11) is 2.23. The van der Waals surface area contributed by atoms with Crippen LogP contribution in [0.3, 0.4) is 0 Å². The van der Waals surface area contributed by atoms with Crippen LogP contribution in [0.1, 0.15) is 55.4 Å². The highest BCUT2D eigenvalue weighted by Gasteiger charge is 2.61. The topological polar surface area (TPSA) is 29.3 Å². The lowest BCUT2D eigenvalue weighted by atomic mass is 9.51. The van der Waals surface area contributed by atoms with Gasteiger partial charge in [0.1, 0.15) is 0 Å². The minimum Gasteiger partial charge on any atom is -0.327 e. The average molecular weight is 226 g/mol. The number of likely N-dealkylation sites (tertiary alicyclic amines) is 1. The highest BCUT2D eigenvalue weighted by molar-refractivity contribution is 5.17. The van der Waals surface area contributed by atoms with E-state index < -0.39 is 0 Å². The van der Waals surface area contributed by atoms with Crippen molar-refractivity contribution in [2.45, 2.75) is 72.5 Å². The molecule has 1 aliphatic heterocycles. The van der Waals surface area contributed by atoms with E-state index in [9.17, 15) is 0 Å². The van der Waals surface area contributed by atoms with Crippen LogP contribution in [0.2, 0.25) is 0 Å². The summed E-state index contributed by atoms with van der Waals surface area (Å²) in [4.78, 5) is 2.50. The van der Waals surface area contributed by atoms with Crippen molar-refractivity contribution in [1.82, 2.24) is 4.90 Å². The molecule has 2 N–H and O–H groups in total. The Kier molecular flexibility index (Phi) is 2.82. The molecular weight excluding hydrogens is 196 g/mol. The van der Waals surface area contributed by atoms with E-state index in [0.717, 1.165) is 0 Å². The van der Waals surface area contributed by atoms with Crippen LogP contribution in [0, 0.1) is 10.8 Å². The maximum atomic E-state index is 6.58. The van der Waals surface area contributed by atoms with Crippen molar-refractivity contribution < 1.29 is 0 Å². The van der Waals surface area contributed by atoms with Crippen molar-refractivity contribution in [2.75, 3.05) is 7.05 Å². The van der Waals surface area contributed by atoms with E-state index in [4.69, 9.17) is 5.73 Å². The van der Waals surface area contributed by atoms with Crippen molar-refractivity contribution in [3.05, 3.63) is 0 Å². The third-order valence-corrected chi connectivity index (χ3v) is 6.39. The summed E-state index contributed by atoms with van der Waals surface area (Å²) in [5.41, 5.74) is 6.98. The Morgan fingerprint density at radius 2 is 1.00 bits per heavy atom. The van der Waals surface area contributed by atoms with Gasteiger partial charge in [-0.2, -0.15) is 0 Å². The molecule has 0 amide bonds. The van der Waals surface area contributed by atoms with Crippen LogP contribution >= 0.6 is 0 Å². The van der Waals surface area contributed by atoms with Crippen LogP contribution in [0.5, 0.6) is 0 Å². The fraction of sp³-hybridized carbons (Fsp3) is 1.00. The van der Waals surface area contributed by atoms with Gasteiger partial charge < -0.3 is 5.73 Å². The first-order valence-electron chi connectivity index (χ1n) is 6.31. The summed E-state index contributed by atoms with van der Waals surface area (Å²) in [5, 5.41) is 0. The van der Waals surface area contributed by atoms with Gasteiger partial charge in [-0.1, -0.05) is 27.7 Å². The summed E-state index contributed by atoms with van der Waals surface area (Å²) in [6, 6.07) is 0.196. The van der Waals surface area contributed by atoms with Gasteiger partial charge in [-0.05, 0) is 45.6 Å². The largest absolute Gasteiger partial charge is 0.327 e. The zero-order chi connectivity index (χ0) is 13.2. The molecule has 1 rings (SSSR count). The van der Waals surface area contributed by atoms with Crippen LogP contribution in [0.4, 0.5) is 0 Å². The number of nitrogens with two attached hydrogens (primary N) is 1. The summed E-state index contributed by atoms with van der Waals surface area (Å²) in [6.07, 6.45) is 0. The molecule has 0 unspecified atom stereocenters. The van der Waals surface area contributed by atoms with E-state index in [2.05, 4.69) is 67.3 Å². The maximum Gasteiger partial charge on any atom is 0.0221 e. The second-order valence-corrected chi connectivity index (χ2v) is 7.60. The number of nitrogens with zero attached hydrogens (tertiary/aromatic N) is 1. The molecule has 0 aromatic heterocycles. The third-order valence-electron chi connectivity index (χ3n) is 6.39. The number of hydrogen-bond acceptors (Lipinski definition) is 2. The van der Waals surface area contributed by atoms with Crippen LogP contribution in [0.15, 0.2) is 0 Å². The van der Waals surface area contributed by atoms with Crippen molar-refractivity contribution in [3.8, 4) is 0 Å². The Balaban J connectivity index is 3.39. The van der Waals surface area contributed by atoms with Crippen molar-refractivity contribution in [2.24, 2.45) is 16.6 Å². The van der Waals surface area contributed by atoms with Crippen molar-refractivity contribution >= 4 is 0 Å². The predicted molar refractivity (Wildman–Crippen MR) is 71.5 cm³/mol. The predicted octanol–water partition coefficient (Wildman–Crippen LogP) is 2.87. The van der Waals surface area contributed by atoms with E-state index in [1.54, 1.807) is 0 Å². The Bertz CT molecular complexity index is 229. The van der Waals surface area contributed by atoms with E-state index in [-0.39, 0.29) is 27.9 Å². The molecule has 1 fully saturated rings. The van der Waals surface area contributed by atoms with Gasteiger partial charge in [-0.25, -0.2) is 0 Å². The van der Waals surface area contributed by atoms with E-state index in [1.807, 2.05) is 0 Å². The van der Waals surface area contributed by atoms with Gasteiger partial charge in [0.25, 0.3) is 0 Å². The molecule has 0 saturated carbocycles. The van der Waals surface area contributed by atoms with Gasteiger partial charge in [-0.3, -0.25) is 4.90 Å². The normalized spacial score (nSPS) is 32.6. The zero-order valence-corrected chi connectivity index (χ0v) is 12.6. The summed E-state index contributed by atoms with van der Waals surface area (Å²) < 4.78 is 0. The van der Waals surface area contributed by atoms with Gasteiger partial charge in [0.2, 0.25) is 0 Å². The fourth-order valence-corrected chi connectivity index (χ4v) is 3.23. The lowest BCUT2D eigenvalue weighted by molar-refractivity contribution is -0.168. The molecule has 1 aliphatic rings. The molecule has 1 saturated heterocycles. The van der Waals surface area contributed by atoms with Crippen LogP contribution in [-0.2, 0) is 0 Å². The Hall–Kier alpha value is -0.0800. The van der Waals surface area contributed by atoms with Gasteiger partial charge in [0.15, 0.2) is 0 Å². The molecule has 0 bridgehead atoms. The molecule has 0 spiro atoms. The highest BCUT2D eigenvalue weighted by Crippen LogP contribution is 2.55. The van der Waals surface area contributed by atoms with Crippen LogP contribution in [0.25, 0.3) is 0 Å². The lowest BCUT2D eigenvalue weighted by Gasteiger charge is -2.68. The molecule has 0 atom stereocenters. The number of hydrogen-bond donors (Lipinski definition) is 1. The van der Waals surface area contributed by atoms with Gasteiger partial charge >= 0.3 is 0 Å². The molecule has 2 nitrogen and oxygen atoms in total.